The van der Waals surface area contributed by atoms with Crippen molar-refractivity contribution >= 4 is 10.8 Å². The molecule has 3 heteroatoms. The smallest absolute Gasteiger partial charge is 0.0350 e. The normalized spacial score (nSPS) is 36.1. The van der Waals surface area contributed by atoms with Crippen LogP contribution in [0.3, 0.4) is 0 Å². The van der Waals surface area contributed by atoms with Gasteiger partial charge in [-0.15, -0.1) is 0 Å². The lowest BCUT2D eigenvalue weighted by atomic mass is 9.81. The summed E-state index contributed by atoms with van der Waals surface area (Å²) in [7, 11) is -0.652. The zero-order valence-electron chi connectivity index (χ0n) is 10.2. The van der Waals surface area contributed by atoms with Crippen molar-refractivity contribution in [3.63, 3.8) is 0 Å². The standard InChI is InChI=1S/C12H25NOS/c1-9(7-13)8-15(14)12-5-4-10(2)11(3)6-12/h9-12H,4-8,13H2,1-3H3. The van der Waals surface area contributed by atoms with Gasteiger partial charge in [0.05, 0.1) is 0 Å². The molecule has 0 heterocycles. The molecule has 2 N–H and O–H groups in total. The molecule has 0 aromatic heterocycles. The summed E-state index contributed by atoms with van der Waals surface area (Å²) in [4.78, 5) is 0. The molecule has 0 saturated heterocycles. The molecule has 1 rings (SSSR count). The van der Waals surface area contributed by atoms with Gasteiger partial charge < -0.3 is 5.73 Å². The van der Waals surface area contributed by atoms with E-state index in [0.29, 0.717) is 17.7 Å². The van der Waals surface area contributed by atoms with Crippen molar-refractivity contribution in [2.75, 3.05) is 12.3 Å². The van der Waals surface area contributed by atoms with E-state index in [1.165, 1.54) is 6.42 Å². The maximum absolute atomic E-state index is 12.1. The summed E-state index contributed by atoms with van der Waals surface area (Å²) in [5, 5.41) is 0.435. The molecule has 0 radical (unpaired) electrons. The second kappa shape index (κ2) is 6.00. The first-order chi connectivity index (χ1) is 7.04. The Morgan fingerprint density at radius 2 is 2.00 bits per heavy atom. The number of hydrogen-bond acceptors (Lipinski definition) is 2. The second-order valence-electron chi connectivity index (χ2n) is 5.28. The van der Waals surface area contributed by atoms with Crippen molar-refractivity contribution in [1.82, 2.24) is 0 Å². The van der Waals surface area contributed by atoms with Gasteiger partial charge in [-0.2, -0.15) is 0 Å². The van der Waals surface area contributed by atoms with E-state index in [1.807, 2.05) is 0 Å². The Bertz CT molecular complexity index is 220. The van der Waals surface area contributed by atoms with E-state index >= 15 is 0 Å². The molecular weight excluding hydrogens is 206 g/mol. The van der Waals surface area contributed by atoms with Crippen LogP contribution in [-0.2, 0) is 10.8 Å². The Morgan fingerprint density at radius 1 is 1.33 bits per heavy atom. The third-order valence-corrected chi connectivity index (χ3v) is 5.84. The molecule has 0 aromatic carbocycles. The van der Waals surface area contributed by atoms with Crippen LogP contribution in [-0.4, -0.2) is 21.8 Å². The Hall–Kier alpha value is 0.110. The summed E-state index contributed by atoms with van der Waals surface area (Å²) >= 11 is 0. The summed E-state index contributed by atoms with van der Waals surface area (Å²) in [6.07, 6.45) is 3.54. The summed E-state index contributed by atoms with van der Waals surface area (Å²) in [6, 6.07) is 0. The van der Waals surface area contributed by atoms with Gasteiger partial charge in [0.25, 0.3) is 0 Å². The molecule has 0 aromatic rings. The highest BCUT2D eigenvalue weighted by molar-refractivity contribution is 7.85. The average Bonchev–Trinajstić information content (AvgIpc) is 2.21. The molecule has 90 valence electrons. The van der Waals surface area contributed by atoms with Crippen LogP contribution in [0.5, 0.6) is 0 Å². The van der Waals surface area contributed by atoms with Crippen molar-refractivity contribution in [1.29, 1.82) is 0 Å². The molecule has 1 saturated carbocycles. The third-order valence-electron chi connectivity index (χ3n) is 3.77. The van der Waals surface area contributed by atoms with E-state index in [1.54, 1.807) is 0 Å². The molecule has 1 aliphatic rings. The van der Waals surface area contributed by atoms with Crippen molar-refractivity contribution < 1.29 is 4.21 Å². The van der Waals surface area contributed by atoms with Gasteiger partial charge in [-0.1, -0.05) is 20.8 Å². The first kappa shape index (κ1) is 13.2. The van der Waals surface area contributed by atoms with Gasteiger partial charge in [0.15, 0.2) is 0 Å². The highest BCUT2D eigenvalue weighted by Gasteiger charge is 2.28. The third kappa shape index (κ3) is 3.87. The fourth-order valence-corrected chi connectivity index (χ4v) is 4.11. The minimum Gasteiger partial charge on any atom is -0.330 e. The van der Waals surface area contributed by atoms with Gasteiger partial charge >= 0.3 is 0 Å². The minimum absolute atomic E-state index is 0.403. The van der Waals surface area contributed by atoms with Crippen LogP contribution in [0.4, 0.5) is 0 Å². The predicted molar refractivity (Wildman–Crippen MR) is 67.2 cm³/mol. The summed E-state index contributed by atoms with van der Waals surface area (Å²) in [6.45, 7) is 7.35. The summed E-state index contributed by atoms with van der Waals surface area (Å²) < 4.78 is 12.1. The van der Waals surface area contributed by atoms with E-state index in [0.717, 1.165) is 30.4 Å². The van der Waals surface area contributed by atoms with Crippen LogP contribution in [0, 0.1) is 17.8 Å². The molecule has 0 amide bonds. The molecule has 1 aliphatic carbocycles. The minimum atomic E-state index is -0.652. The fraction of sp³-hybridized carbons (Fsp3) is 1.00. The molecule has 15 heavy (non-hydrogen) atoms. The number of hydrogen-bond donors (Lipinski definition) is 1. The van der Waals surface area contributed by atoms with Crippen molar-refractivity contribution in [2.24, 2.45) is 23.5 Å². The zero-order chi connectivity index (χ0) is 11.4. The van der Waals surface area contributed by atoms with Crippen LogP contribution >= 0.6 is 0 Å². The number of nitrogens with two attached hydrogens (primary N) is 1. The molecule has 2 nitrogen and oxygen atoms in total. The Kier molecular flexibility index (Phi) is 5.27. The van der Waals surface area contributed by atoms with Crippen LogP contribution in [0.2, 0.25) is 0 Å². The summed E-state index contributed by atoms with van der Waals surface area (Å²) in [5.41, 5.74) is 5.56. The van der Waals surface area contributed by atoms with Crippen molar-refractivity contribution in [3.8, 4) is 0 Å². The molecule has 0 aliphatic heterocycles. The quantitative estimate of drug-likeness (QED) is 0.805. The van der Waals surface area contributed by atoms with Crippen molar-refractivity contribution in [3.05, 3.63) is 0 Å². The molecule has 0 bridgehead atoms. The lowest BCUT2D eigenvalue weighted by Crippen LogP contribution is -2.31. The number of rotatable bonds is 4. The van der Waals surface area contributed by atoms with E-state index < -0.39 is 10.8 Å². The molecule has 1 fully saturated rings. The lowest BCUT2D eigenvalue weighted by Gasteiger charge is -2.31. The monoisotopic (exact) mass is 231 g/mol. The zero-order valence-corrected chi connectivity index (χ0v) is 11.1. The predicted octanol–water partition coefficient (Wildman–Crippen LogP) is 2.15. The highest BCUT2D eigenvalue weighted by Crippen LogP contribution is 2.32. The largest absolute Gasteiger partial charge is 0.330 e. The highest BCUT2D eigenvalue weighted by atomic mass is 32.2. The molecule has 0 spiro atoms. The van der Waals surface area contributed by atoms with Crippen molar-refractivity contribution in [2.45, 2.75) is 45.3 Å². The topological polar surface area (TPSA) is 43.1 Å². The molecule has 5 atom stereocenters. The maximum Gasteiger partial charge on any atom is 0.0350 e. The van der Waals surface area contributed by atoms with Crippen LogP contribution in [0.25, 0.3) is 0 Å². The Balaban J connectivity index is 2.40. The van der Waals surface area contributed by atoms with E-state index in [9.17, 15) is 4.21 Å². The van der Waals surface area contributed by atoms with E-state index in [4.69, 9.17) is 5.73 Å². The van der Waals surface area contributed by atoms with Gasteiger partial charge in [0, 0.05) is 21.8 Å². The SMILES string of the molecule is CC(CN)CS(=O)C1CCC(C)C(C)C1. The molecular formula is C12H25NOS. The maximum atomic E-state index is 12.1. The second-order valence-corrected chi connectivity index (χ2v) is 7.04. The molecule has 5 unspecified atom stereocenters. The van der Waals surface area contributed by atoms with Gasteiger partial charge in [0.1, 0.15) is 0 Å². The Labute approximate surface area is 96.5 Å². The average molecular weight is 231 g/mol. The lowest BCUT2D eigenvalue weighted by molar-refractivity contribution is 0.281. The fourth-order valence-electron chi connectivity index (χ4n) is 2.22. The first-order valence-electron chi connectivity index (χ1n) is 6.11. The van der Waals surface area contributed by atoms with E-state index in [-0.39, 0.29) is 0 Å². The Morgan fingerprint density at radius 3 is 2.53 bits per heavy atom. The van der Waals surface area contributed by atoms with Gasteiger partial charge in [-0.3, -0.25) is 4.21 Å². The van der Waals surface area contributed by atoms with E-state index in [2.05, 4.69) is 20.8 Å². The van der Waals surface area contributed by atoms with Crippen LogP contribution in [0.1, 0.15) is 40.0 Å². The van der Waals surface area contributed by atoms with Crippen LogP contribution < -0.4 is 5.73 Å². The van der Waals surface area contributed by atoms with Crippen LogP contribution in [0.15, 0.2) is 0 Å². The first-order valence-corrected chi connectivity index (χ1v) is 7.50. The van der Waals surface area contributed by atoms with Gasteiger partial charge in [-0.05, 0) is 43.6 Å². The van der Waals surface area contributed by atoms with Gasteiger partial charge in [-0.25, -0.2) is 0 Å². The summed E-state index contributed by atoms with van der Waals surface area (Å²) in [5.74, 6) is 2.74. The van der Waals surface area contributed by atoms with Gasteiger partial charge in [0.2, 0.25) is 0 Å².